The van der Waals surface area contributed by atoms with Crippen LogP contribution in [0.2, 0.25) is 0 Å². The number of hydrogen-bond acceptors (Lipinski definition) is 4. The summed E-state index contributed by atoms with van der Waals surface area (Å²) in [4.78, 5) is 39.1. The summed E-state index contributed by atoms with van der Waals surface area (Å²) in [5.74, 6) is -0.926. The summed E-state index contributed by atoms with van der Waals surface area (Å²) in [5, 5.41) is 12.6. The number of aromatic nitrogens is 1. The van der Waals surface area contributed by atoms with Crippen molar-refractivity contribution in [2.75, 3.05) is 5.32 Å². The lowest BCUT2D eigenvalue weighted by Crippen LogP contribution is -2.33. The van der Waals surface area contributed by atoms with Gasteiger partial charge in [-0.1, -0.05) is 60.7 Å². The summed E-state index contributed by atoms with van der Waals surface area (Å²) in [5.41, 5.74) is -0.391. The Morgan fingerprint density at radius 3 is 1.98 bits per heavy atom. The number of amides is 1. The van der Waals surface area contributed by atoms with E-state index in [1.807, 2.05) is 18.2 Å². The number of carbonyl (C=O) groups is 2. The average Bonchev–Trinajstić information content (AvgIpc) is 3.02. The van der Waals surface area contributed by atoms with E-state index in [4.69, 9.17) is 4.74 Å². The number of rotatable bonds is 9. The number of aliphatic carboxylic acids is 1. The molecule has 1 aromatic heterocycles. The number of para-hydroxylation sites is 1. The molecule has 1 atom stereocenters. The number of alkyl halides is 3. The van der Waals surface area contributed by atoms with Crippen LogP contribution in [0.3, 0.4) is 0 Å². The number of benzene rings is 4. The Bertz CT molecular complexity index is 1820. The maximum Gasteiger partial charge on any atom is 0.416 e. The molecule has 5 rings (SSSR count). The molecule has 0 aliphatic rings. The minimum absolute atomic E-state index is 0.0182. The highest BCUT2D eigenvalue weighted by Gasteiger charge is 2.30. The maximum atomic E-state index is 13.6. The average molecular weight is 599 g/mol. The van der Waals surface area contributed by atoms with Crippen molar-refractivity contribution >= 4 is 17.6 Å². The molecule has 0 saturated carbocycles. The second-order valence-corrected chi connectivity index (χ2v) is 9.87. The van der Waals surface area contributed by atoms with Gasteiger partial charge in [0.15, 0.2) is 0 Å². The van der Waals surface area contributed by atoms with E-state index >= 15 is 0 Å². The smallest absolute Gasteiger partial charge is 0.416 e. The molecule has 0 spiro atoms. The number of carboxylic acids is 1. The minimum atomic E-state index is -4.58. The highest BCUT2D eigenvalue weighted by atomic mass is 19.4. The van der Waals surface area contributed by atoms with Gasteiger partial charge in [0.1, 0.15) is 23.2 Å². The molecule has 0 aliphatic carbocycles. The molecule has 0 bridgehead atoms. The van der Waals surface area contributed by atoms with Gasteiger partial charge in [-0.2, -0.15) is 13.2 Å². The quantitative estimate of drug-likeness (QED) is 0.184. The first-order valence-corrected chi connectivity index (χ1v) is 13.4. The van der Waals surface area contributed by atoms with E-state index in [0.29, 0.717) is 28.2 Å². The van der Waals surface area contributed by atoms with Crippen LogP contribution in [0.5, 0.6) is 11.5 Å². The number of carboxylic acid groups (broad SMARTS) is 1. The minimum Gasteiger partial charge on any atom is -0.480 e. The second-order valence-electron chi connectivity index (χ2n) is 9.87. The van der Waals surface area contributed by atoms with Gasteiger partial charge >= 0.3 is 12.1 Å². The van der Waals surface area contributed by atoms with Gasteiger partial charge in [0, 0.05) is 23.7 Å². The number of anilines is 1. The summed E-state index contributed by atoms with van der Waals surface area (Å²) in [7, 11) is 0. The summed E-state index contributed by atoms with van der Waals surface area (Å²) in [6, 6.07) is 28.4. The summed E-state index contributed by atoms with van der Waals surface area (Å²) in [6.45, 7) is 0. The van der Waals surface area contributed by atoms with Crippen LogP contribution in [0.15, 0.2) is 126 Å². The van der Waals surface area contributed by atoms with Crippen LogP contribution >= 0.6 is 0 Å². The van der Waals surface area contributed by atoms with Crippen molar-refractivity contribution in [2.24, 2.45) is 0 Å². The third-order valence-electron chi connectivity index (χ3n) is 6.82. The SMILES string of the molecule is O=C(Nc1cc(-c2ccc(Oc3ccccc3)cc2)cn(C(Cc2ccccc2)C(=O)O)c1=O)c1ccc(C(F)(F)F)cc1. The lowest BCUT2D eigenvalue weighted by molar-refractivity contribution is -0.141. The number of nitrogens with zero attached hydrogens (tertiary/aromatic N) is 1. The molecule has 1 heterocycles. The summed E-state index contributed by atoms with van der Waals surface area (Å²) < 4.78 is 45.9. The Labute approximate surface area is 249 Å². The largest absolute Gasteiger partial charge is 0.480 e. The predicted molar refractivity (Wildman–Crippen MR) is 159 cm³/mol. The first-order chi connectivity index (χ1) is 21.1. The fourth-order valence-electron chi connectivity index (χ4n) is 4.57. The van der Waals surface area contributed by atoms with Crippen LogP contribution in [-0.4, -0.2) is 21.6 Å². The van der Waals surface area contributed by atoms with E-state index in [2.05, 4.69) is 5.32 Å². The Balaban J connectivity index is 1.53. The molecule has 4 aromatic carbocycles. The standard InChI is InChI=1S/C34H25F3N2O5/c35-34(36,37)26-15-11-24(12-16-26)31(40)38-29-20-25(23-13-17-28(18-14-23)44-27-9-5-2-6-10-27)21-39(32(29)41)30(33(42)43)19-22-7-3-1-4-8-22/h1-18,20-21,30H,19H2,(H,38,40)(H,42,43). The monoisotopic (exact) mass is 598 g/mol. The molecule has 7 nitrogen and oxygen atoms in total. The van der Waals surface area contributed by atoms with Gasteiger partial charge in [-0.05, 0) is 65.7 Å². The molecular formula is C34H25F3N2O5. The van der Waals surface area contributed by atoms with E-state index in [0.717, 1.165) is 28.8 Å². The van der Waals surface area contributed by atoms with Crippen molar-refractivity contribution < 1.29 is 32.6 Å². The molecule has 44 heavy (non-hydrogen) atoms. The topological polar surface area (TPSA) is 97.6 Å². The summed E-state index contributed by atoms with van der Waals surface area (Å²) in [6.07, 6.45) is -3.19. The zero-order valence-electron chi connectivity index (χ0n) is 23.0. The van der Waals surface area contributed by atoms with E-state index in [1.54, 1.807) is 66.7 Å². The van der Waals surface area contributed by atoms with E-state index in [-0.39, 0.29) is 17.7 Å². The van der Waals surface area contributed by atoms with Crippen LogP contribution in [-0.2, 0) is 17.4 Å². The molecule has 1 amide bonds. The van der Waals surface area contributed by atoms with Crippen molar-refractivity contribution in [3.05, 3.63) is 149 Å². The Morgan fingerprint density at radius 1 is 0.795 bits per heavy atom. The van der Waals surface area contributed by atoms with Crippen molar-refractivity contribution in [2.45, 2.75) is 18.6 Å². The first kappa shape index (κ1) is 29.8. The second kappa shape index (κ2) is 12.7. The van der Waals surface area contributed by atoms with Crippen LogP contribution in [0, 0.1) is 0 Å². The van der Waals surface area contributed by atoms with Gasteiger partial charge in [0.2, 0.25) is 0 Å². The molecule has 0 fully saturated rings. The zero-order valence-corrected chi connectivity index (χ0v) is 23.0. The molecule has 0 aliphatic heterocycles. The van der Waals surface area contributed by atoms with Gasteiger partial charge < -0.3 is 15.2 Å². The number of hydrogen-bond donors (Lipinski definition) is 2. The predicted octanol–water partition coefficient (Wildman–Crippen LogP) is 7.45. The number of pyridine rings is 1. The van der Waals surface area contributed by atoms with Crippen molar-refractivity contribution in [3.8, 4) is 22.6 Å². The lowest BCUT2D eigenvalue weighted by atomic mass is 10.0. The normalized spacial score (nSPS) is 11.9. The van der Waals surface area contributed by atoms with Gasteiger partial charge in [0.05, 0.1) is 5.56 Å². The molecule has 222 valence electrons. The maximum absolute atomic E-state index is 13.6. The van der Waals surface area contributed by atoms with Crippen LogP contribution < -0.4 is 15.6 Å². The van der Waals surface area contributed by atoms with Crippen molar-refractivity contribution in [3.63, 3.8) is 0 Å². The first-order valence-electron chi connectivity index (χ1n) is 13.4. The molecule has 1 unspecified atom stereocenters. The van der Waals surface area contributed by atoms with E-state index < -0.39 is 35.2 Å². The summed E-state index contributed by atoms with van der Waals surface area (Å²) >= 11 is 0. The lowest BCUT2D eigenvalue weighted by Gasteiger charge is -2.19. The molecule has 10 heteroatoms. The van der Waals surface area contributed by atoms with Crippen molar-refractivity contribution in [1.82, 2.24) is 4.57 Å². The van der Waals surface area contributed by atoms with Gasteiger partial charge in [-0.15, -0.1) is 0 Å². The Hall–Kier alpha value is -5.64. The van der Waals surface area contributed by atoms with Crippen LogP contribution in [0.25, 0.3) is 11.1 Å². The Kier molecular flexibility index (Phi) is 8.61. The fourth-order valence-corrected chi connectivity index (χ4v) is 4.57. The number of carbonyl (C=O) groups excluding carboxylic acids is 1. The third kappa shape index (κ3) is 7.04. The number of ether oxygens (including phenoxy) is 1. The van der Waals surface area contributed by atoms with Gasteiger partial charge in [-0.25, -0.2) is 4.79 Å². The van der Waals surface area contributed by atoms with E-state index in [1.165, 1.54) is 12.3 Å². The van der Waals surface area contributed by atoms with Gasteiger partial charge in [-0.3, -0.25) is 14.2 Å². The van der Waals surface area contributed by atoms with Crippen LogP contribution in [0.1, 0.15) is 27.5 Å². The van der Waals surface area contributed by atoms with Crippen LogP contribution in [0.4, 0.5) is 18.9 Å². The molecule has 2 N–H and O–H groups in total. The molecule has 5 aromatic rings. The molecular weight excluding hydrogens is 573 g/mol. The van der Waals surface area contributed by atoms with E-state index in [9.17, 15) is 32.7 Å². The van der Waals surface area contributed by atoms with Gasteiger partial charge in [0.25, 0.3) is 11.5 Å². The highest BCUT2D eigenvalue weighted by Crippen LogP contribution is 2.30. The fraction of sp³-hybridized carbons (Fsp3) is 0.0882. The molecule has 0 saturated heterocycles. The zero-order chi connectivity index (χ0) is 31.3. The third-order valence-corrected chi connectivity index (χ3v) is 6.82. The Morgan fingerprint density at radius 2 is 1.39 bits per heavy atom. The van der Waals surface area contributed by atoms with Crippen molar-refractivity contribution in [1.29, 1.82) is 0 Å². The number of halogens is 3. The highest BCUT2D eigenvalue weighted by molar-refractivity contribution is 6.04. The molecule has 0 radical (unpaired) electrons. The number of nitrogens with one attached hydrogen (secondary N) is 1.